The van der Waals surface area contributed by atoms with E-state index in [1.807, 2.05) is 31.2 Å². The molecule has 0 spiro atoms. The monoisotopic (exact) mass is 437 g/mol. The van der Waals surface area contributed by atoms with Gasteiger partial charge >= 0.3 is 0 Å². The maximum Gasteiger partial charge on any atom is 0.293 e. The Kier molecular flexibility index (Phi) is 6.54. The van der Waals surface area contributed by atoms with E-state index in [0.29, 0.717) is 32.0 Å². The molecular formula is C20H17Cl2NO4S. The van der Waals surface area contributed by atoms with Crippen LogP contribution in [-0.2, 0) is 4.79 Å². The van der Waals surface area contributed by atoms with Crippen molar-refractivity contribution >= 4 is 52.2 Å². The van der Waals surface area contributed by atoms with E-state index < -0.39 is 0 Å². The molecule has 0 aromatic heterocycles. The van der Waals surface area contributed by atoms with E-state index in [1.165, 1.54) is 7.11 Å². The van der Waals surface area contributed by atoms with Crippen LogP contribution in [0.1, 0.15) is 11.1 Å². The summed E-state index contributed by atoms with van der Waals surface area (Å²) < 4.78 is 10.7. The second-order valence-corrected chi connectivity index (χ2v) is 7.82. The Morgan fingerprint density at radius 2 is 1.75 bits per heavy atom. The molecule has 0 unspecified atom stereocenters. The average Bonchev–Trinajstić information content (AvgIpc) is 2.90. The van der Waals surface area contributed by atoms with Gasteiger partial charge in [-0.1, -0.05) is 40.9 Å². The summed E-state index contributed by atoms with van der Waals surface area (Å²) in [6, 6.07) is 10.8. The van der Waals surface area contributed by atoms with Gasteiger partial charge in [-0.25, -0.2) is 0 Å². The minimum atomic E-state index is -0.370. The molecule has 0 radical (unpaired) electrons. The third-order valence-corrected chi connectivity index (χ3v) is 5.47. The van der Waals surface area contributed by atoms with Crippen LogP contribution in [0, 0.1) is 6.92 Å². The molecule has 146 valence electrons. The third-order valence-electron chi connectivity index (χ3n) is 4.00. The van der Waals surface area contributed by atoms with E-state index in [2.05, 4.69) is 0 Å². The van der Waals surface area contributed by atoms with Crippen LogP contribution in [0.3, 0.4) is 0 Å². The lowest BCUT2D eigenvalue weighted by Crippen LogP contribution is -2.32. The number of hydrogen-bond acceptors (Lipinski definition) is 5. The zero-order chi connectivity index (χ0) is 20.3. The van der Waals surface area contributed by atoms with Crippen molar-refractivity contribution < 1.29 is 19.1 Å². The van der Waals surface area contributed by atoms with E-state index in [0.717, 1.165) is 22.2 Å². The number of amides is 2. The number of rotatable bonds is 6. The molecule has 1 saturated heterocycles. The van der Waals surface area contributed by atoms with Gasteiger partial charge in [0.05, 0.1) is 28.6 Å². The highest BCUT2D eigenvalue weighted by Crippen LogP contribution is 2.37. The van der Waals surface area contributed by atoms with E-state index >= 15 is 0 Å². The van der Waals surface area contributed by atoms with Crippen LogP contribution in [0.25, 0.3) is 6.08 Å². The molecule has 0 atom stereocenters. The van der Waals surface area contributed by atoms with Gasteiger partial charge in [0.1, 0.15) is 12.4 Å². The van der Waals surface area contributed by atoms with Gasteiger partial charge in [0.25, 0.3) is 11.1 Å². The van der Waals surface area contributed by atoms with Gasteiger partial charge in [-0.3, -0.25) is 14.5 Å². The Bertz CT molecular complexity index is 921. The molecule has 1 fully saturated rings. The fourth-order valence-electron chi connectivity index (χ4n) is 2.59. The van der Waals surface area contributed by atoms with Crippen LogP contribution in [-0.4, -0.2) is 36.3 Å². The lowest BCUT2D eigenvalue weighted by atomic mass is 10.2. The van der Waals surface area contributed by atoms with E-state index in [4.69, 9.17) is 32.7 Å². The Morgan fingerprint density at radius 3 is 2.36 bits per heavy atom. The average molecular weight is 438 g/mol. The molecule has 0 bridgehead atoms. The van der Waals surface area contributed by atoms with Crippen LogP contribution in [0.15, 0.2) is 41.3 Å². The Balaban J connectivity index is 1.67. The van der Waals surface area contributed by atoms with Crippen LogP contribution < -0.4 is 9.47 Å². The van der Waals surface area contributed by atoms with Crippen molar-refractivity contribution in [3.63, 3.8) is 0 Å². The SMILES string of the molecule is COc1c(Cl)cc(/C=C2\SC(=O)N(CCOc3ccc(C)cc3)C2=O)cc1Cl. The number of hydrogen-bond donors (Lipinski definition) is 0. The molecule has 2 aromatic rings. The largest absolute Gasteiger partial charge is 0.494 e. The first-order valence-corrected chi connectivity index (χ1v) is 9.94. The van der Waals surface area contributed by atoms with Gasteiger partial charge in [-0.15, -0.1) is 0 Å². The number of imide groups is 1. The number of benzene rings is 2. The number of thioether (sulfide) groups is 1. The van der Waals surface area contributed by atoms with Crippen molar-refractivity contribution in [2.75, 3.05) is 20.3 Å². The molecule has 0 saturated carbocycles. The predicted molar refractivity (Wildman–Crippen MR) is 112 cm³/mol. The van der Waals surface area contributed by atoms with Gasteiger partial charge in [0, 0.05) is 0 Å². The maximum atomic E-state index is 12.6. The van der Waals surface area contributed by atoms with Crippen molar-refractivity contribution in [2.24, 2.45) is 0 Å². The number of nitrogens with zero attached hydrogens (tertiary/aromatic N) is 1. The summed E-state index contributed by atoms with van der Waals surface area (Å²) in [5.74, 6) is 0.683. The van der Waals surface area contributed by atoms with Crippen molar-refractivity contribution in [3.8, 4) is 11.5 Å². The first-order valence-electron chi connectivity index (χ1n) is 8.37. The Hall–Kier alpha value is -2.15. The molecule has 8 heteroatoms. The number of methoxy groups -OCH3 is 1. The van der Waals surface area contributed by atoms with Gasteiger partial charge in [0.15, 0.2) is 5.75 Å². The number of halogens is 2. The van der Waals surface area contributed by atoms with Gasteiger partial charge in [-0.2, -0.15) is 0 Å². The first kappa shape index (κ1) is 20.6. The lowest BCUT2D eigenvalue weighted by molar-refractivity contribution is -0.123. The molecule has 3 rings (SSSR count). The van der Waals surface area contributed by atoms with Crippen LogP contribution in [0.2, 0.25) is 10.0 Å². The van der Waals surface area contributed by atoms with Crippen molar-refractivity contribution in [2.45, 2.75) is 6.92 Å². The van der Waals surface area contributed by atoms with Crippen molar-refractivity contribution in [1.82, 2.24) is 4.90 Å². The highest BCUT2D eigenvalue weighted by atomic mass is 35.5. The van der Waals surface area contributed by atoms with Crippen LogP contribution in [0.5, 0.6) is 11.5 Å². The summed E-state index contributed by atoms with van der Waals surface area (Å²) in [5.41, 5.74) is 1.74. The number of carbonyl (C=O) groups is 2. The highest BCUT2D eigenvalue weighted by Gasteiger charge is 2.34. The van der Waals surface area contributed by atoms with Gasteiger partial charge in [-0.05, 0) is 54.6 Å². The predicted octanol–water partition coefficient (Wildman–Crippen LogP) is 5.43. The van der Waals surface area contributed by atoms with Gasteiger partial charge < -0.3 is 9.47 Å². The number of carbonyl (C=O) groups excluding carboxylic acids is 2. The molecule has 28 heavy (non-hydrogen) atoms. The summed E-state index contributed by atoms with van der Waals surface area (Å²) in [6.07, 6.45) is 1.59. The Labute approximate surface area is 177 Å². The molecule has 0 N–H and O–H groups in total. The third kappa shape index (κ3) is 4.63. The summed E-state index contributed by atoms with van der Waals surface area (Å²) in [6.45, 7) is 2.37. The minimum Gasteiger partial charge on any atom is -0.494 e. The minimum absolute atomic E-state index is 0.167. The smallest absolute Gasteiger partial charge is 0.293 e. The zero-order valence-electron chi connectivity index (χ0n) is 15.2. The lowest BCUT2D eigenvalue weighted by Gasteiger charge is -2.13. The number of aryl methyl sites for hydroxylation is 1. The molecule has 1 aliphatic rings. The molecular weight excluding hydrogens is 421 g/mol. The quantitative estimate of drug-likeness (QED) is 0.564. The molecule has 0 aliphatic carbocycles. The topological polar surface area (TPSA) is 55.8 Å². The fourth-order valence-corrected chi connectivity index (χ4v) is 4.11. The Morgan fingerprint density at radius 1 is 1.11 bits per heavy atom. The summed E-state index contributed by atoms with van der Waals surface area (Å²) in [4.78, 5) is 26.2. The molecule has 1 heterocycles. The molecule has 5 nitrogen and oxygen atoms in total. The van der Waals surface area contributed by atoms with Gasteiger partial charge in [0.2, 0.25) is 0 Å². The summed E-state index contributed by atoms with van der Waals surface area (Å²) in [5, 5.41) is 0.313. The standard InChI is InChI=1S/C20H17Cl2NO4S/c1-12-3-5-14(6-4-12)27-8-7-23-19(24)17(28-20(23)25)11-13-9-15(21)18(26-2)16(22)10-13/h3-6,9-11H,7-8H2,1-2H3/b17-11-. The maximum absolute atomic E-state index is 12.6. The van der Waals surface area contributed by atoms with Crippen molar-refractivity contribution in [1.29, 1.82) is 0 Å². The normalized spacial score (nSPS) is 15.4. The van der Waals surface area contributed by atoms with Crippen LogP contribution in [0.4, 0.5) is 4.79 Å². The highest BCUT2D eigenvalue weighted by molar-refractivity contribution is 8.18. The molecule has 1 aliphatic heterocycles. The second-order valence-electron chi connectivity index (χ2n) is 6.01. The zero-order valence-corrected chi connectivity index (χ0v) is 17.5. The molecule has 2 aromatic carbocycles. The van der Waals surface area contributed by atoms with E-state index in [-0.39, 0.29) is 24.3 Å². The summed E-state index contributed by atoms with van der Waals surface area (Å²) in [7, 11) is 1.47. The summed E-state index contributed by atoms with van der Waals surface area (Å²) >= 11 is 13.1. The first-order chi connectivity index (χ1) is 13.4. The number of ether oxygens (including phenoxy) is 2. The van der Waals surface area contributed by atoms with Crippen molar-refractivity contribution in [3.05, 3.63) is 62.5 Å². The fraction of sp³-hybridized carbons (Fsp3) is 0.200. The van der Waals surface area contributed by atoms with Crippen LogP contribution >= 0.6 is 35.0 Å². The molecule has 2 amide bonds. The second kappa shape index (κ2) is 8.90. The van der Waals surface area contributed by atoms with E-state index in [9.17, 15) is 9.59 Å². The van der Waals surface area contributed by atoms with E-state index in [1.54, 1.807) is 18.2 Å².